The zero-order chi connectivity index (χ0) is 15.8. The Morgan fingerprint density at radius 1 is 0.810 bits per heavy atom. The molecule has 0 bridgehead atoms. The lowest BCUT2D eigenvalue weighted by atomic mass is 10.1. The quantitative estimate of drug-likeness (QED) is 0.199. The molecule has 0 aliphatic carbocycles. The van der Waals surface area contributed by atoms with Gasteiger partial charge in [0, 0.05) is 12.5 Å². The highest BCUT2D eigenvalue weighted by atomic mass is 16.6. The van der Waals surface area contributed by atoms with Gasteiger partial charge in [0.15, 0.2) is 0 Å². The molecule has 21 heavy (non-hydrogen) atoms. The Bertz CT molecular complexity index is 295. The summed E-state index contributed by atoms with van der Waals surface area (Å²) in [6.07, 6.45) is 16.9. The average Bonchev–Trinajstić information content (AvgIpc) is 2.45. The zero-order valence-electron chi connectivity index (χ0n) is 13.9. The molecule has 0 heterocycles. The van der Waals surface area contributed by atoms with Crippen LogP contribution in [0.1, 0.15) is 90.9 Å². The maximum atomic E-state index is 11.3. The smallest absolute Gasteiger partial charge is 0.338 e. The summed E-state index contributed by atoms with van der Waals surface area (Å²) in [5.74, 6) is -0.973. The van der Waals surface area contributed by atoms with Crippen molar-refractivity contribution >= 4 is 11.9 Å². The number of allylic oxidation sites excluding steroid dienone is 1. The largest absolute Gasteiger partial charge is 0.390 e. The van der Waals surface area contributed by atoms with E-state index in [0.717, 1.165) is 12.8 Å². The molecule has 0 amide bonds. The Hall–Kier alpha value is -1.12. The molecule has 0 atom stereocenters. The van der Waals surface area contributed by atoms with Crippen LogP contribution in [0, 0.1) is 0 Å². The summed E-state index contributed by atoms with van der Waals surface area (Å²) < 4.78 is 4.62. The van der Waals surface area contributed by atoms with Crippen molar-refractivity contribution in [2.24, 2.45) is 0 Å². The van der Waals surface area contributed by atoms with Crippen LogP contribution < -0.4 is 0 Å². The SMILES string of the molecule is CC=CC(=O)OC(=O)CCCCCCCCCCCCC. The molecule has 0 aliphatic rings. The van der Waals surface area contributed by atoms with Crippen molar-refractivity contribution in [1.82, 2.24) is 0 Å². The normalized spacial score (nSPS) is 11.0. The first kappa shape index (κ1) is 19.9. The van der Waals surface area contributed by atoms with Crippen LogP contribution in [0.3, 0.4) is 0 Å². The van der Waals surface area contributed by atoms with Crippen LogP contribution >= 0.6 is 0 Å². The Balaban J connectivity index is 3.25. The molecular formula is C18H32O3. The minimum Gasteiger partial charge on any atom is -0.390 e. The third-order valence-corrected chi connectivity index (χ3v) is 3.50. The van der Waals surface area contributed by atoms with Gasteiger partial charge in [0.25, 0.3) is 0 Å². The summed E-state index contributed by atoms with van der Waals surface area (Å²) in [6.45, 7) is 3.96. The number of ether oxygens (including phenoxy) is 1. The molecule has 122 valence electrons. The number of hydrogen-bond donors (Lipinski definition) is 0. The van der Waals surface area contributed by atoms with E-state index in [9.17, 15) is 9.59 Å². The molecule has 0 saturated carbocycles. The van der Waals surface area contributed by atoms with Crippen molar-refractivity contribution in [3.8, 4) is 0 Å². The first-order valence-electron chi connectivity index (χ1n) is 8.58. The van der Waals surface area contributed by atoms with Crippen molar-refractivity contribution in [1.29, 1.82) is 0 Å². The fourth-order valence-electron chi connectivity index (χ4n) is 2.27. The standard InChI is InChI=1S/C18H32O3/c1-3-5-6-7-8-9-10-11-12-13-14-16-18(20)21-17(19)15-4-2/h4,15H,3,5-14,16H2,1-2H3. The lowest BCUT2D eigenvalue weighted by Gasteiger charge is -2.02. The minimum atomic E-state index is -0.564. The van der Waals surface area contributed by atoms with Gasteiger partial charge in [-0.2, -0.15) is 0 Å². The lowest BCUT2D eigenvalue weighted by molar-refractivity contribution is -0.156. The highest BCUT2D eigenvalue weighted by Crippen LogP contribution is 2.12. The van der Waals surface area contributed by atoms with E-state index in [-0.39, 0.29) is 0 Å². The minimum absolute atomic E-state index is 0.348. The number of carbonyl (C=O) groups excluding carboxylic acids is 2. The molecule has 0 aromatic rings. The second-order valence-corrected chi connectivity index (χ2v) is 5.58. The molecule has 0 saturated heterocycles. The summed E-state index contributed by atoms with van der Waals surface area (Å²) in [6, 6.07) is 0. The Kier molecular flexibility index (Phi) is 14.5. The van der Waals surface area contributed by atoms with E-state index in [4.69, 9.17) is 0 Å². The molecule has 0 radical (unpaired) electrons. The van der Waals surface area contributed by atoms with Crippen molar-refractivity contribution in [3.05, 3.63) is 12.2 Å². The number of carbonyl (C=O) groups is 2. The van der Waals surface area contributed by atoms with Gasteiger partial charge in [0.2, 0.25) is 0 Å². The fourth-order valence-corrected chi connectivity index (χ4v) is 2.27. The van der Waals surface area contributed by atoms with Crippen LogP contribution in [0.25, 0.3) is 0 Å². The van der Waals surface area contributed by atoms with Gasteiger partial charge in [-0.15, -0.1) is 0 Å². The van der Waals surface area contributed by atoms with E-state index in [1.807, 2.05) is 0 Å². The molecule has 0 aliphatic heterocycles. The van der Waals surface area contributed by atoms with E-state index in [1.165, 1.54) is 63.9 Å². The Labute approximate surface area is 130 Å². The summed E-state index contributed by atoms with van der Waals surface area (Å²) in [5, 5.41) is 0. The molecule has 0 spiro atoms. The number of hydrogen-bond acceptors (Lipinski definition) is 3. The third kappa shape index (κ3) is 15.1. The zero-order valence-corrected chi connectivity index (χ0v) is 13.9. The summed E-state index contributed by atoms with van der Waals surface area (Å²) in [4.78, 5) is 22.3. The van der Waals surface area contributed by atoms with Gasteiger partial charge in [0.05, 0.1) is 0 Å². The van der Waals surface area contributed by atoms with Gasteiger partial charge in [-0.05, 0) is 13.3 Å². The average molecular weight is 296 g/mol. The molecule has 0 fully saturated rings. The monoisotopic (exact) mass is 296 g/mol. The van der Waals surface area contributed by atoms with E-state index < -0.39 is 11.9 Å². The van der Waals surface area contributed by atoms with Crippen LogP contribution in [0.15, 0.2) is 12.2 Å². The predicted octanol–water partition coefficient (Wildman–Crippen LogP) is 5.33. The fraction of sp³-hybridized carbons (Fsp3) is 0.778. The van der Waals surface area contributed by atoms with Gasteiger partial charge in [-0.25, -0.2) is 4.79 Å². The van der Waals surface area contributed by atoms with E-state index in [0.29, 0.717) is 6.42 Å². The molecule has 0 unspecified atom stereocenters. The first-order chi connectivity index (χ1) is 10.2. The highest BCUT2D eigenvalue weighted by molar-refractivity contribution is 5.91. The van der Waals surface area contributed by atoms with Gasteiger partial charge in [-0.3, -0.25) is 4.79 Å². The topological polar surface area (TPSA) is 43.4 Å². The van der Waals surface area contributed by atoms with Gasteiger partial charge in [0.1, 0.15) is 0 Å². The number of rotatable bonds is 13. The summed E-state index contributed by atoms with van der Waals surface area (Å²) in [5.41, 5.74) is 0. The van der Waals surface area contributed by atoms with E-state index in [2.05, 4.69) is 11.7 Å². The Morgan fingerprint density at radius 3 is 1.76 bits per heavy atom. The van der Waals surface area contributed by atoms with Crippen molar-refractivity contribution in [3.63, 3.8) is 0 Å². The molecule has 0 aromatic heterocycles. The molecule has 0 N–H and O–H groups in total. The van der Waals surface area contributed by atoms with E-state index >= 15 is 0 Å². The summed E-state index contributed by atoms with van der Waals surface area (Å²) >= 11 is 0. The molecule has 0 rings (SSSR count). The molecular weight excluding hydrogens is 264 g/mol. The van der Waals surface area contributed by atoms with Crippen molar-refractivity contribution in [2.75, 3.05) is 0 Å². The second-order valence-electron chi connectivity index (χ2n) is 5.58. The molecule has 3 heteroatoms. The van der Waals surface area contributed by atoms with E-state index in [1.54, 1.807) is 13.0 Å². The van der Waals surface area contributed by atoms with Gasteiger partial charge < -0.3 is 4.74 Å². The van der Waals surface area contributed by atoms with Gasteiger partial charge in [-0.1, -0.05) is 77.2 Å². The van der Waals surface area contributed by atoms with Crippen LogP contribution in [0.4, 0.5) is 0 Å². The van der Waals surface area contributed by atoms with Crippen molar-refractivity contribution < 1.29 is 14.3 Å². The Morgan fingerprint density at radius 2 is 1.29 bits per heavy atom. The maximum absolute atomic E-state index is 11.3. The number of unbranched alkanes of at least 4 members (excludes halogenated alkanes) is 10. The van der Waals surface area contributed by atoms with Crippen LogP contribution in [0.5, 0.6) is 0 Å². The molecule has 0 aromatic carbocycles. The van der Waals surface area contributed by atoms with Crippen LogP contribution in [-0.4, -0.2) is 11.9 Å². The molecule has 3 nitrogen and oxygen atoms in total. The maximum Gasteiger partial charge on any atom is 0.338 e. The van der Waals surface area contributed by atoms with Crippen LogP contribution in [0.2, 0.25) is 0 Å². The van der Waals surface area contributed by atoms with Crippen molar-refractivity contribution in [2.45, 2.75) is 90.9 Å². The predicted molar refractivity (Wildman–Crippen MR) is 87.0 cm³/mol. The highest BCUT2D eigenvalue weighted by Gasteiger charge is 2.06. The van der Waals surface area contributed by atoms with Gasteiger partial charge >= 0.3 is 11.9 Å². The second kappa shape index (κ2) is 15.3. The lowest BCUT2D eigenvalue weighted by Crippen LogP contribution is -2.09. The third-order valence-electron chi connectivity index (χ3n) is 3.50. The van der Waals surface area contributed by atoms with Crippen LogP contribution in [-0.2, 0) is 14.3 Å². The first-order valence-corrected chi connectivity index (χ1v) is 8.58. The number of esters is 2. The summed E-state index contributed by atoms with van der Waals surface area (Å²) in [7, 11) is 0.